The number of imidazole rings is 1. The highest BCUT2D eigenvalue weighted by atomic mass is 79.9. The molecule has 2 fully saturated rings. The van der Waals surface area contributed by atoms with Gasteiger partial charge in [-0.05, 0) is 42.0 Å². The monoisotopic (exact) mass is 607 g/mol. The number of carbonyl (C=O) groups excluding carboxylic acids is 1. The Balaban J connectivity index is 1.22. The second kappa shape index (κ2) is 12.4. The van der Waals surface area contributed by atoms with E-state index in [4.69, 9.17) is 24.2 Å². The molecule has 0 aliphatic carbocycles. The highest BCUT2D eigenvalue weighted by Crippen LogP contribution is 2.28. The van der Waals surface area contributed by atoms with E-state index in [1.54, 1.807) is 6.33 Å². The van der Waals surface area contributed by atoms with Crippen LogP contribution in [0.4, 0.5) is 16.2 Å². The third-order valence-corrected chi connectivity index (χ3v) is 7.43. The summed E-state index contributed by atoms with van der Waals surface area (Å²) in [5.41, 5.74) is 5.54. The maximum Gasteiger partial charge on any atom is 0.323 e. The third-order valence-electron chi connectivity index (χ3n) is 6.79. The highest BCUT2D eigenvalue weighted by molar-refractivity contribution is 9.08. The van der Waals surface area contributed by atoms with Gasteiger partial charge in [-0.1, -0.05) is 28.1 Å². The fourth-order valence-electron chi connectivity index (χ4n) is 4.72. The SMILES string of the molecule is O=C(Nc1ccc(CBr)cc1)Nc1ccc(-c2nc(C3CNCCO3)c3ncn(CCC4OCCO4)c3n2)cc1. The number of fused-ring (bicyclic) bond motifs is 1. The van der Waals surface area contributed by atoms with E-state index in [0.717, 1.165) is 45.5 Å². The van der Waals surface area contributed by atoms with Gasteiger partial charge in [-0.25, -0.2) is 19.7 Å². The van der Waals surface area contributed by atoms with E-state index < -0.39 is 0 Å². The number of morpholine rings is 1. The molecule has 12 heteroatoms. The van der Waals surface area contributed by atoms with Crippen LogP contribution in [0, 0.1) is 0 Å². The van der Waals surface area contributed by atoms with Crippen LogP contribution in [-0.2, 0) is 26.1 Å². The van der Waals surface area contributed by atoms with Crippen molar-refractivity contribution < 1.29 is 19.0 Å². The molecule has 11 nitrogen and oxygen atoms in total. The Bertz CT molecular complexity index is 1450. The second-order valence-corrected chi connectivity index (χ2v) is 10.1. The van der Waals surface area contributed by atoms with Crippen molar-refractivity contribution in [1.29, 1.82) is 0 Å². The molecule has 2 aromatic carbocycles. The van der Waals surface area contributed by atoms with Crippen molar-refractivity contribution in [2.45, 2.75) is 30.7 Å². The summed E-state index contributed by atoms with van der Waals surface area (Å²) in [6, 6.07) is 14.8. The Morgan fingerprint density at radius 1 is 0.975 bits per heavy atom. The number of ether oxygens (including phenoxy) is 3. The number of anilines is 2. The van der Waals surface area contributed by atoms with Gasteiger partial charge in [0.25, 0.3) is 0 Å². The first-order valence-electron chi connectivity index (χ1n) is 13.3. The molecule has 40 heavy (non-hydrogen) atoms. The number of hydrogen-bond acceptors (Lipinski definition) is 8. The maximum absolute atomic E-state index is 12.5. The van der Waals surface area contributed by atoms with E-state index in [2.05, 4.69) is 36.9 Å². The van der Waals surface area contributed by atoms with Crippen molar-refractivity contribution in [2.75, 3.05) is 43.5 Å². The van der Waals surface area contributed by atoms with E-state index in [1.165, 1.54) is 0 Å². The number of urea groups is 1. The summed E-state index contributed by atoms with van der Waals surface area (Å²) >= 11 is 3.43. The molecule has 4 heterocycles. The van der Waals surface area contributed by atoms with Crippen LogP contribution in [0.1, 0.15) is 23.8 Å². The molecule has 2 aromatic heterocycles. The number of aromatic nitrogens is 4. The minimum Gasteiger partial charge on any atom is -0.369 e. The maximum atomic E-state index is 12.5. The predicted octanol–water partition coefficient (Wildman–Crippen LogP) is 4.46. The number of hydrogen-bond donors (Lipinski definition) is 3. The molecule has 0 saturated carbocycles. The summed E-state index contributed by atoms with van der Waals surface area (Å²) in [5, 5.41) is 9.86. The fourth-order valence-corrected chi connectivity index (χ4v) is 5.09. The number of amides is 2. The van der Waals surface area contributed by atoms with Crippen LogP contribution >= 0.6 is 15.9 Å². The number of nitrogens with one attached hydrogen (secondary N) is 3. The van der Waals surface area contributed by atoms with Crippen LogP contribution in [0.25, 0.3) is 22.6 Å². The highest BCUT2D eigenvalue weighted by Gasteiger charge is 2.25. The molecule has 2 saturated heterocycles. The van der Waals surface area contributed by atoms with Crippen molar-refractivity contribution in [3.05, 3.63) is 66.1 Å². The molecule has 1 atom stereocenters. The van der Waals surface area contributed by atoms with Gasteiger partial charge in [0.2, 0.25) is 0 Å². The Morgan fingerprint density at radius 2 is 1.70 bits per heavy atom. The molecule has 208 valence electrons. The van der Waals surface area contributed by atoms with Crippen molar-refractivity contribution in [1.82, 2.24) is 24.8 Å². The fraction of sp³-hybridized carbons (Fsp3) is 0.357. The van der Waals surface area contributed by atoms with Gasteiger partial charge in [0, 0.05) is 48.3 Å². The van der Waals surface area contributed by atoms with Crippen molar-refractivity contribution in [2.24, 2.45) is 0 Å². The molecule has 6 rings (SSSR count). The molecule has 1 unspecified atom stereocenters. The first kappa shape index (κ1) is 26.8. The van der Waals surface area contributed by atoms with Crippen LogP contribution in [0.2, 0.25) is 0 Å². The van der Waals surface area contributed by atoms with Gasteiger partial charge in [0.05, 0.1) is 26.1 Å². The molecule has 3 N–H and O–H groups in total. The summed E-state index contributed by atoms with van der Waals surface area (Å²) in [5.74, 6) is 0.565. The summed E-state index contributed by atoms with van der Waals surface area (Å²) < 4.78 is 19.3. The summed E-state index contributed by atoms with van der Waals surface area (Å²) in [7, 11) is 0. The molecule has 2 aliphatic rings. The Kier molecular flexibility index (Phi) is 8.30. The molecule has 0 radical (unpaired) electrons. The van der Waals surface area contributed by atoms with Crippen molar-refractivity contribution >= 4 is 44.5 Å². The van der Waals surface area contributed by atoms with Crippen molar-refractivity contribution in [3.8, 4) is 11.4 Å². The third kappa shape index (κ3) is 6.16. The second-order valence-electron chi connectivity index (χ2n) is 9.55. The zero-order valence-corrected chi connectivity index (χ0v) is 23.4. The average molecular weight is 608 g/mol. The molecule has 0 bridgehead atoms. The number of halogens is 1. The Morgan fingerprint density at radius 3 is 2.38 bits per heavy atom. The quantitative estimate of drug-likeness (QED) is 0.251. The minimum atomic E-state index is -0.319. The molecule has 4 aromatic rings. The molecule has 2 amide bonds. The molecule has 0 spiro atoms. The van der Waals surface area contributed by atoms with Gasteiger partial charge >= 0.3 is 6.03 Å². The van der Waals surface area contributed by atoms with Gasteiger partial charge < -0.3 is 34.7 Å². The van der Waals surface area contributed by atoms with Crippen LogP contribution in [-0.4, -0.2) is 64.8 Å². The first-order valence-corrected chi connectivity index (χ1v) is 14.4. The zero-order valence-electron chi connectivity index (χ0n) is 21.8. The van der Waals surface area contributed by atoms with Gasteiger partial charge in [0.15, 0.2) is 17.8 Å². The molecule has 2 aliphatic heterocycles. The van der Waals surface area contributed by atoms with E-state index in [9.17, 15) is 4.79 Å². The average Bonchev–Trinajstić information content (AvgIpc) is 3.67. The topological polar surface area (TPSA) is 124 Å². The lowest BCUT2D eigenvalue weighted by molar-refractivity contribution is -0.0489. The lowest BCUT2D eigenvalue weighted by Crippen LogP contribution is -2.34. The Labute approximate surface area is 239 Å². The zero-order chi connectivity index (χ0) is 27.3. The summed E-state index contributed by atoms with van der Waals surface area (Å²) in [6.45, 7) is 3.95. The standard InChI is InChI=1S/C28H30BrN7O4/c29-15-18-1-5-20(6-2-18)32-28(37)33-21-7-3-19(4-8-21)26-34-24(22-16-30-10-12-38-22)25-27(35-26)36(17-31-25)11-9-23-39-13-14-40-23/h1-8,17,22-23,30H,9-16H2,(H2,32,33,37). The van der Waals surface area contributed by atoms with Crippen LogP contribution in [0.15, 0.2) is 54.9 Å². The normalized spacial score (nSPS) is 17.8. The van der Waals surface area contributed by atoms with Gasteiger partial charge in [-0.3, -0.25) is 0 Å². The number of nitrogens with zero attached hydrogens (tertiary/aromatic N) is 4. The van der Waals surface area contributed by atoms with Crippen LogP contribution < -0.4 is 16.0 Å². The summed E-state index contributed by atoms with van der Waals surface area (Å²) in [4.78, 5) is 27.0. The predicted molar refractivity (Wildman–Crippen MR) is 154 cm³/mol. The van der Waals surface area contributed by atoms with E-state index in [1.807, 2.05) is 53.1 Å². The first-order chi connectivity index (χ1) is 19.7. The molecular weight excluding hydrogens is 578 g/mol. The Hall–Kier alpha value is -3.42. The smallest absolute Gasteiger partial charge is 0.323 e. The summed E-state index contributed by atoms with van der Waals surface area (Å²) in [6.07, 6.45) is 2.05. The van der Waals surface area contributed by atoms with Gasteiger partial charge in [-0.15, -0.1) is 0 Å². The van der Waals surface area contributed by atoms with Crippen molar-refractivity contribution in [3.63, 3.8) is 0 Å². The van der Waals surface area contributed by atoms with E-state index in [-0.39, 0.29) is 18.4 Å². The molecular formula is C28H30BrN7O4. The lowest BCUT2D eigenvalue weighted by atomic mass is 10.1. The number of aryl methyl sites for hydroxylation is 1. The van der Waals surface area contributed by atoms with Crippen LogP contribution in [0.3, 0.4) is 0 Å². The van der Waals surface area contributed by atoms with E-state index >= 15 is 0 Å². The number of rotatable bonds is 8. The van der Waals surface area contributed by atoms with E-state index in [0.29, 0.717) is 50.8 Å². The number of benzene rings is 2. The minimum absolute atomic E-state index is 0.213. The number of carbonyl (C=O) groups is 1. The lowest BCUT2D eigenvalue weighted by Gasteiger charge is -2.23. The van der Waals surface area contributed by atoms with Gasteiger partial charge in [0.1, 0.15) is 17.3 Å². The largest absolute Gasteiger partial charge is 0.369 e. The van der Waals surface area contributed by atoms with Crippen LogP contribution in [0.5, 0.6) is 0 Å². The number of alkyl halides is 1. The van der Waals surface area contributed by atoms with Gasteiger partial charge in [-0.2, -0.15) is 0 Å².